The van der Waals surface area contributed by atoms with E-state index in [0.29, 0.717) is 0 Å². The Hall–Kier alpha value is -1.63. The Labute approximate surface area is 102 Å². The van der Waals surface area contributed by atoms with Crippen molar-refractivity contribution in [1.29, 1.82) is 4.29 Å². The minimum atomic E-state index is -1.76. The van der Waals surface area contributed by atoms with E-state index in [9.17, 15) is 4.79 Å². The van der Waals surface area contributed by atoms with E-state index in [2.05, 4.69) is 25.3 Å². The predicted octanol–water partition coefficient (Wildman–Crippen LogP) is -0.609. The molecular weight excluding hydrogens is 214 g/mol. The summed E-state index contributed by atoms with van der Waals surface area (Å²) in [6.07, 6.45) is 0. The summed E-state index contributed by atoms with van der Waals surface area (Å²) in [6, 6.07) is -3.29. The minimum absolute atomic E-state index is 0.322. The first-order valence-corrected chi connectivity index (χ1v) is 4.64. The van der Waals surface area contributed by atoms with Gasteiger partial charge in [0.2, 0.25) is 11.8 Å². The topological polar surface area (TPSA) is 130 Å². The van der Waals surface area contributed by atoms with Crippen molar-refractivity contribution in [2.45, 2.75) is 38.9 Å². The van der Waals surface area contributed by atoms with Crippen LogP contribution in [0.3, 0.4) is 0 Å². The molecule has 0 heterocycles. The summed E-state index contributed by atoms with van der Waals surface area (Å²) < 4.78 is 41.9. The number of nitrogens with zero attached hydrogens (tertiary/aromatic N) is 2. The van der Waals surface area contributed by atoms with Crippen LogP contribution in [0.5, 0.6) is 0 Å². The zero-order chi connectivity index (χ0) is 17.5. The number of aliphatic hydroxyl groups is 2. The lowest BCUT2D eigenvalue weighted by atomic mass is 10.3. The molecule has 3 atom stereocenters. The van der Waals surface area contributed by atoms with Crippen LogP contribution in [0.25, 0.3) is 4.29 Å². The first-order valence-electron chi connectivity index (χ1n) is 7.20. The van der Waals surface area contributed by atoms with E-state index in [-0.39, 0.29) is 5.90 Å². The molecule has 0 aromatic carbocycles. The maximum atomic E-state index is 11.1. The van der Waals surface area contributed by atoms with Crippen molar-refractivity contribution in [2.24, 2.45) is 9.98 Å². The van der Waals surface area contributed by atoms with Crippen molar-refractivity contribution in [3.05, 3.63) is 0 Å². The van der Waals surface area contributed by atoms with Gasteiger partial charge < -0.3 is 21.0 Å². The molecule has 0 aromatic heterocycles. The number of hydrogen-bond acceptors (Lipinski definition) is 6. The molecule has 7 heteroatoms. The largest absolute Gasteiger partial charge is 0.495 e. The quantitative estimate of drug-likeness (QED) is 0.363. The van der Waals surface area contributed by atoms with E-state index in [1.54, 1.807) is 0 Å². The first kappa shape index (κ1) is 6.85. The first-order chi connectivity index (χ1) is 10.1. The van der Waals surface area contributed by atoms with Crippen LogP contribution in [-0.2, 0) is 4.79 Å². The Morgan fingerprint density at radius 3 is 2.31 bits per heavy atom. The van der Waals surface area contributed by atoms with Gasteiger partial charge in [0.15, 0.2) is 6.04 Å². The molecule has 0 aromatic rings. The lowest BCUT2D eigenvalue weighted by Crippen LogP contribution is -2.63. The summed E-state index contributed by atoms with van der Waals surface area (Å²) in [7, 11) is 0. The van der Waals surface area contributed by atoms with E-state index >= 15 is 0 Å². The summed E-state index contributed by atoms with van der Waals surface area (Å²) in [5.41, 5.74) is -1.76. The average Bonchev–Trinajstić information content (AvgIpc) is 2.46. The molecule has 0 rings (SSSR count). The Morgan fingerprint density at radius 1 is 1.19 bits per heavy atom. The molecule has 0 bridgehead atoms. The van der Waals surface area contributed by atoms with Crippen molar-refractivity contribution in [3.8, 4) is 0 Å². The Bertz CT molecular complexity index is 442. The van der Waals surface area contributed by atoms with Crippen molar-refractivity contribution in [3.63, 3.8) is 0 Å². The molecule has 0 aliphatic heterocycles. The van der Waals surface area contributed by atoms with Crippen molar-refractivity contribution < 1.29 is 30.1 Å². The van der Waals surface area contributed by atoms with E-state index in [1.807, 2.05) is 0 Å². The zero-order valence-corrected chi connectivity index (χ0v) is 9.21. The lowest BCUT2D eigenvalue weighted by molar-refractivity contribution is -0.392. The Kier molecular flexibility index (Phi) is 2.59. The highest BCUT2D eigenvalue weighted by atomic mass is 16.4. The Balaban J connectivity index is 5.33. The SMILES string of the molecule is [2H]OC(=O)[C@@H](C)N=C(O[2H])[C@@H](C)N=C(O[2H])[C@H](C)[N+]([2H])([2H])[2H]. The van der Waals surface area contributed by atoms with Crippen molar-refractivity contribution >= 4 is 17.8 Å². The van der Waals surface area contributed by atoms with Gasteiger partial charge in [0.05, 0.1) is 0 Å². The van der Waals surface area contributed by atoms with Gasteiger partial charge >= 0.3 is 10.2 Å². The number of aliphatic hydroxyl groups excluding tert-OH is 2. The number of carbonyl (C=O) groups is 1. The number of rotatable bonds is 6. The molecule has 0 saturated heterocycles. The molecule has 16 heavy (non-hydrogen) atoms. The molecule has 0 aliphatic carbocycles. The van der Waals surface area contributed by atoms with Gasteiger partial charge in [-0.3, -0.25) is 0 Å². The molecule has 0 saturated carbocycles. The zero-order valence-electron chi connectivity index (χ0n) is 15.2. The van der Waals surface area contributed by atoms with E-state index < -0.39 is 35.7 Å². The van der Waals surface area contributed by atoms with Crippen LogP contribution in [0.4, 0.5) is 0 Å². The Morgan fingerprint density at radius 2 is 1.81 bits per heavy atom. The van der Waals surface area contributed by atoms with Crippen molar-refractivity contribution in [2.75, 3.05) is 0 Å². The average molecular weight is 238 g/mol. The second-order valence-electron chi connectivity index (χ2n) is 3.28. The molecule has 0 amide bonds. The maximum Gasteiger partial charge on any atom is 0.345 e. The van der Waals surface area contributed by atoms with Gasteiger partial charge in [-0.15, -0.1) is 0 Å². The van der Waals surface area contributed by atoms with Gasteiger partial charge in [-0.05, 0) is 20.8 Å². The van der Waals surface area contributed by atoms with Crippen LogP contribution in [0, 0.1) is 0 Å². The standard InChI is InChI=1S/C9H17N3O4/c1-4(10)7(13)11-5(2)8(14)12-6(3)9(15)16/h4-6H,10H2,1-3H3,(H,11,13)(H,12,14)(H,15,16)/p+1/t4-,5+,6+/m0/s1/i/hD6. The summed E-state index contributed by atoms with van der Waals surface area (Å²) in [4.78, 5) is 18.6. The summed E-state index contributed by atoms with van der Waals surface area (Å²) >= 11 is 0. The van der Waals surface area contributed by atoms with Crippen LogP contribution in [-0.4, -0.2) is 51.2 Å². The van der Waals surface area contributed by atoms with Gasteiger partial charge in [0, 0.05) is 0 Å². The second kappa shape index (κ2) is 6.06. The van der Waals surface area contributed by atoms with Crippen LogP contribution in [0.1, 0.15) is 20.8 Å². The number of hydrogen-bond donors (Lipinski definition) is 4. The number of carboxylic acid groups (broad SMARTS) is 1. The smallest absolute Gasteiger partial charge is 0.345 e. The maximum absolute atomic E-state index is 11.1. The molecule has 6 N–H and O–H groups in total. The third-order valence-corrected chi connectivity index (χ3v) is 1.70. The van der Waals surface area contributed by atoms with Gasteiger partial charge in [-0.1, -0.05) is 0 Å². The molecule has 0 aliphatic rings. The van der Waals surface area contributed by atoms with Gasteiger partial charge in [-0.2, -0.15) is 0 Å². The van der Waals surface area contributed by atoms with E-state index in [4.69, 9.17) is 8.53 Å². The summed E-state index contributed by atoms with van der Waals surface area (Å²) in [5.74, 6) is -1.69. The fourth-order valence-corrected chi connectivity index (χ4v) is 0.705. The van der Waals surface area contributed by atoms with Crippen LogP contribution >= 0.6 is 0 Å². The van der Waals surface area contributed by atoms with Crippen LogP contribution in [0.15, 0.2) is 9.98 Å². The highest BCUT2D eigenvalue weighted by Gasteiger charge is 2.16. The highest BCUT2D eigenvalue weighted by Crippen LogP contribution is 1.98. The molecule has 92 valence electrons. The van der Waals surface area contributed by atoms with Crippen LogP contribution in [0.2, 0.25) is 4.24 Å². The molecule has 0 spiro atoms. The fourth-order valence-electron chi connectivity index (χ4n) is 0.705. The van der Waals surface area contributed by atoms with Gasteiger partial charge in [-0.25, -0.2) is 14.8 Å². The fraction of sp³-hybridized carbons (Fsp3) is 0.667. The number of quaternary nitrogens is 1. The van der Waals surface area contributed by atoms with E-state index in [0.717, 1.165) is 0 Å². The number of aliphatic imine (C=N–C) groups is 2. The molecular formula is C9H18N3O4+. The monoisotopic (exact) mass is 238 g/mol. The molecule has 0 radical (unpaired) electrons. The highest BCUT2D eigenvalue weighted by molar-refractivity contribution is 5.86. The summed E-state index contributed by atoms with van der Waals surface area (Å²) in [6.45, 7) is 4.01. The van der Waals surface area contributed by atoms with Gasteiger partial charge in [0.25, 0.3) is 4.29 Å². The predicted molar refractivity (Wildman–Crippen MR) is 59.0 cm³/mol. The van der Waals surface area contributed by atoms with Crippen LogP contribution < -0.4 is 5.71 Å². The van der Waals surface area contributed by atoms with Gasteiger partial charge in [0.1, 0.15) is 12.1 Å². The number of carboxylic acids is 1. The molecule has 0 fully saturated rings. The normalized spacial score (nSPS) is 24.4. The van der Waals surface area contributed by atoms with Crippen molar-refractivity contribution in [1.82, 2.24) is 0 Å². The third kappa shape index (κ3) is 4.74. The second-order valence-corrected chi connectivity index (χ2v) is 3.28. The third-order valence-electron chi connectivity index (χ3n) is 1.70. The van der Waals surface area contributed by atoms with E-state index in [1.165, 1.54) is 20.8 Å². The lowest BCUT2D eigenvalue weighted by Gasteiger charge is -2.08. The summed E-state index contributed by atoms with van der Waals surface area (Å²) in [5, 5.41) is 12.2. The minimum Gasteiger partial charge on any atom is -0.495 e. The molecule has 0 unspecified atom stereocenters. The molecule has 7 nitrogen and oxygen atoms in total. The number of aliphatic carboxylic acids is 1.